The van der Waals surface area contributed by atoms with Crippen LogP contribution in [0.5, 0.6) is 0 Å². The van der Waals surface area contributed by atoms with Crippen molar-refractivity contribution >= 4 is 17.3 Å². The van der Waals surface area contributed by atoms with Crippen molar-refractivity contribution in [1.82, 2.24) is 4.90 Å². The predicted octanol–water partition coefficient (Wildman–Crippen LogP) is 1.30. The molecule has 1 aliphatic rings. The SMILES string of the molecule is CC1CN(C(C)C(=O)Nc2ccccc2N)CCC1O. The van der Waals surface area contributed by atoms with Gasteiger partial charge in [-0.1, -0.05) is 19.1 Å². The van der Waals surface area contributed by atoms with Gasteiger partial charge in [0.2, 0.25) is 5.91 Å². The second-order valence-corrected chi connectivity index (χ2v) is 5.58. The summed E-state index contributed by atoms with van der Waals surface area (Å²) >= 11 is 0. The summed E-state index contributed by atoms with van der Waals surface area (Å²) < 4.78 is 0. The molecule has 0 aromatic heterocycles. The summed E-state index contributed by atoms with van der Waals surface area (Å²) in [6, 6.07) is 7.00. The Morgan fingerprint density at radius 2 is 2.20 bits per heavy atom. The van der Waals surface area contributed by atoms with E-state index < -0.39 is 0 Å². The number of amides is 1. The number of hydrogen-bond donors (Lipinski definition) is 3. The van der Waals surface area contributed by atoms with E-state index in [1.54, 1.807) is 12.1 Å². The van der Waals surface area contributed by atoms with Crippen molar-refractivity contribution in [2.45, 2.75) is 32.4 Å². The maximum Gasteiger partial charge on any atom is 0.241 e. The van der Waals surface area contributed by atoms with E-state index in [1.165, 1.54) is 0 Å². The number of piperidine rings is 1. The molecular formula is C15H23N3O2. The van der Waals surface area contributed by atoms with Crippen LogP contribution in [0.2, 0.25) is 0 Å². The maximum absolute atomic E-state index is 12.3. The molecule has 5 heteroatoms. The van der Waals surface area contributed by atoms with Crippen molar-refractivity contribution in [2.75, 3.05) is 24.1 Å². The van der Waals surface area contributed by atoms with Gasteiger partial charge in [-0.3, -0.25) is 9.69 Å². The van der Waals surface area contributed by atoms with Gasteiger partial charge in [-0.2, -0.15) is 0 Å². The molecule has 0 radical (unpaired) electrons. The summed E-state index contributed by atoms with van der Waals surface area (Å²) in [7, 11) is 0. The first-order valence-corrected chi connectivity index (χ1v) is 7.06. The van der Waals surface area contributed by atoms with Gasteiger partial charge in [0.15, 0.2) is 0 Å². The molecular weight excluding hydrogens is 254 g/mol. The van der Waals surface area contributed by atoms with Crippen LogP contribution in [0.4, 0.5) is 11.4 Å². The second-order valence-electron chi connectivity index (χ2n) is 5.58. The standard InChI is InChI=1S/C15H23N3O2/c1-10-9-18(8-7-14(10)19)11(2)15(20)17-13-6-4-3-5-12(13)16/h3-6,10-11,14,19H,7-9,16H2,1-2H3,(H,17,20). The molecule has 1 aliphatic heterocycles. The Labute approximate surface area is 119 Å². The zero-order valence-corrected chi connectivity index (χ0v) is 12.0. The van der Waals surface area contributed by atoms with Crippen LogP contribution in [-0.4, -0.2) is 41.1 Å². The highest BCUT2D eigenvalue weighted by Gasteiger charge is 2.30. The fourth-order valence-corrected chi connectivity index (χ4v) is 2.53. The number of nitrogens with two attached hydrogens (primary N) is 1. The molecule has 0 saturated carbocycles. The molecule has 1 aromatic carbocycles. The van der Waals surface area contributed by atoms with E-state index in [0.29, 0.717) is 17.8 Å². The summed E-state index contributed by atoms with van der Waals surface area (Å²) in [6.45, 7) is 5.37. The molecule has 0 spiro atoms. The van der Waals surface area contributed by atoms with Crippen LogP contribution in [0.1, 0.15) is 20.3 Å². The molecule has 1 amide bonds. The Balaban J connectivity index is 1.97. The van der Waals surface area contributed by atoms with Gasteiger partial charge in [0.1, 0.15) is 0 Å². The number of nitrogens with one attached hydrogen (secondary N) is 1. The summed E-state index contributed by atoms with van der Waals surface area (Å²) in [5, 5.41) is 12.6. The Hall–Kier alpha value is -1.59. The van der Waals surface area contributed by atoms with E-state index in [2.05, 4.69) is 10.2 Å². The van der Waals surface area contributed by atoms with Gasteiger partial charge in [0, 0.05) is 13.1 Å². The van der Waals surface area contributed by atoms with Gasteiger partial charge < -0.3 is 16.2 Å². The Bertz CT molecular complexity index is 478. The number of benzene rings is 1. The lowest BCUT2D eigenvalue weighted by Gasteiger charge is -2.37. The zero-order chi connectivity index (χ0) is 14.7. The topological polar surface area (TPSA) is 78.6 Å². The fourth-order valence-electron chi connectivity index (χ4n) is 2.53. The normalized spacial score (nSPS) is 25.1. The maximum atomic E-state index is 12.3. The highest BCUT2D eigenvalue weighted by atomic mass is 16.3. The van der Waals surface area contributed by atoms with Gasteiger partial charge >= 0.3 is 0 Å². The number of likely N-dealkylation sites (tertiary alicyclic amines) is 1. The first-order chi connectivity index (χ1) is 9.49. The summed E-state index contributed by atoms with van der Waals surface area (Å²) in [5.74, 6) is 0.132. The van der Waals surface area contributed by atoms with Crippen LogP contribution in [0.3, 0.4) is 0 Å². The number of carbonyl (C=O) groups is 1. The second kappa shape index (κ2) is 6.24. The molecule has 1 fully saturated rings. The van der Waals surface area contributed by atoms with Crippen LogP contribution in [0.25, 0.3) is 0 Å². The lowest BCUT2D eigenvalue weighted by molar-refractivity contribution is -0.122. The first kappa shape index (κ1) is 14.8. The molecule has 2 rings (SSSR count). The highest BCUT2D eigenvalue weighted by molar-refractivity contribution is 5.97. The molecule has 110 valence electrons. The van der Waals surface area contributed by atoms with E-state index >= 15 is 0 Å². The van der Waals surface area contributed by atoms with Crippen molar-refractivity contribution in [1.29, 1.82) is 0 Å². The summed E-state index contributed by atoms with van der Waals surface area (Å²) in [4.78, 5) is 14.4. The number of aliphatic hydroxyl groups excluding tert-OH is 1. The zero-order valence-electron chi connectivity index (χ0n) is 12.0. The third kappa shape index (κ3) is 3.29. The quantitative estimate of drug-likeness (QED) is 0.728. The van der Waals surface area contributed by atoms with E-state index in [9.17, 15) is 9.90 Å². The minimum atomic E-state index is -0.258. The molecule has 20 heavy (non-hydrogen) atoms. The average Bonchev–Trinajstić information content (AvgIpc) is 2.43. The van der Waals surface area contributed by atoms with Crippen molar-refractivity contribution < 1.29 is 9.90 Å². The minimum Gasteiger partial charge on any atom is -0.397 e. The lowest BCUT2D eigenvalue weighted by atomic mass is 9.95. The van der Waals surface area contributed by atoms with Crippen molar-refractivity contribution in [3.8, 4) is 0 Å². The predicted molar refractivity (Wildman–Crippen MR) is 80.3 cm³/mol. The molecule has 3 unspecified atom stereocenters. The molecule has 1 heterocycles. The average molecular weight is 277 g/mol. The minimum absolute atomic E-state index is 0.0634. The Kier molecular flexibility index (Phi) is 4.62. The number of hydrogen-bond acceptors (Lipinski definition) is 4. The number of aliphatic hydroxyl groups is 1. The van der Waals surface area contributed by atoms with Crippen molar-refractivity contribution in [2.24, 2.45) is 5.92 Å². The Morgan fingerprint density at radius 3 is 2.85 bits per heavy atom. The number of rotatable bonds is 3. The molecule has 0 aliphatic carbocycles. The van der Waals surface area contributed by atoms with Crippen LogP contribution < -0.4 is 11.1 Å². The number of para-hydroxylation sites is 2. The van der Waals surface area contributed by atoms with Crippen LogP contribution >= 0.6 is 0 Å². The first-order valence-electron chi connectivity index (χ1n) is 7.06. The van der Waals surface area contributed by atoms with E-state index in [0.717, 1.165) is 13.1 Å². The van der Waals surface area contributed by atoms with E-state index in [1.807, 2.05) is 26.0 Å². The van der Waals surface area contributed by atoms with Gasteiger partial charge in [-0.25, -0.2) is 0 Å². The van der Waals surface area contributed by atoms with Crippen LogP contribution in [0, 0.1) is 5.92 Å². The molecule has 0 bridgehead atoms. The number of nitrogen functional groups attached to an aromatic ring is 1. The molecule has 1 saturated heterocycles. The number of carbonyl (C=O) groups excluding carboxylic acids is 1. The summed E-state index contributed by atoms with van der Waals surface area (Å²) in [6.07, 6.45) is 0.456. The van der Waals surface area contributed by atoms with Gasteiger partial charge in [-0.05, 0) is 31.4 Å². The lowest BCUT2D eigenvalue weighted by Crippen LogP contribution is -2.50. The molecule has 5 nitrogen and oxygen atoms in total. The van der Waals surface area contributed by atoms with Gasteiger partial charge in [0.25, 0.3) is 0 Å². The van der Waals surface area contributed by atoms with Crippen LogP contribution in [-0.2, 0) is 4.79 Å². The highest BCUT2D eigenvalue weighted by Crippen LogP contribution is 2.21. The van der Waals surface area contributed by atoms with E-state index in [4.69, 9.17) is 5.73 Å². The van der Waals surface area contributed by atoms with Crippen molar-refractivity contribution in [3.05, 3.63) is 24.3 Å². The third-order valence-corrected chi connectivity index (χ3v) is 4.04. The largest absolute Gasteiger partial charge is 0.397 e. The number of anilines is 2. The third-order valence-electron chi connectivity index (χ3n) is 4.04. The summed E-state index contributed by atoms with van der Waals surface area (Å²) in [5.41, 5.74) is 7.04. The van der Waals surface area contributed by atoms with Crippen molar-refractivity contribution in [3.63, 3.8) is 0 Å². The Morgan fingerprint density at radius 1 is 1.50 bits per heavy atom. The van der Waals surface area contributed by atoms with Gasteiger partial charge in [-0.15, -0.1) is 0 Å². The molecule has 1 aromatic rings. The number of nitrogens with zero attached hydrogens (tertiary/aromatic N) is 1. The van der Waals surface area contributed by atoms with Gasteiger partial charge in [0.05, 0.1) is 23.5 Å². The van der Waals surface area contributed by atoms with Crippen LogP contribution in [0.15, 0.2) is 24.3 Å². The monoisotopic (exact) mass is 277 g/mol. The molecule has 3 atom stereocenters. The molecule has 4 N–H and O–H groups in total. The smallest absolute Gasteiger partial charge is 0.241 e. The van der Waals surface area contributed by atoms with E-state index in [-0.39, 0.29) is 24.0 Å². The fraction of sp³-hybridized carbons (Fsp3) is 0.533.